The van der Waals surface area contributed by atoms with Gasteiger partial charge in [0, 0.05) is 26.5 Å². The number of rotatable bonds is 3. The lowest BCUT2D eigenvalue weighted by atomic mass is 10.1. The monoisotopic (exact) mass is 230 g/mol. The molecule has 90 valence electrons. The Kier molecular flexibility index (Phi) is 3.04. The molecule has 1 aromatic carbocycles. The third kappa shape index (κ3) is 2.25. The van der Waals surface area contributed by atoms with Crippen molar-refractivity contribution in [1.82, 2.24) is 9.55 Å². The number of imidazole rings is 1. The zero-order valence-electron chi connectivity index (χ0n) is 10.5. The van der Waals surface area contributed by atoms with Crippen LogP contribution >= 0.6 is 0 Å². The minimum absolute atomic E-state index is 0.747. The van der Waals surface area contributed by atoms with Crippen LogP contribution in [0.5, 0.6) is 0 Å². The van der Waals surface area contributed by atoms with Crippen molar-refractivity contribution < 1.29 is 0 Å². The maximum atomic E-state index is 6.08. The van der Waals surface area contributed by atoms with Gasteiger partial charge in [-0.25, -0.2) is 4.98 Å². The maximum absolute atomic E-state index is 6.08. The first-order valence-corrected chi connectivity index (χ1v) is 5.62. The van der Waals surface area contributed by atoms with Gasteiger partial charge in [0.15, 0.2) is 0 Å². The quantitative estimate of drug-likeness (QED) is 0.820. The molecule has 2 rings (SSSR count). The third-order valence-corrected chi connectivity index (χ3v) is 3.01. The van der Waals surface area contributed by atoms with Gasteiger partial charge in [0.25, 0.3) is 0 Å². The maximum Gasteiger partial charge on any atom is 0.127 e. The second-order valence-corrected chi connectivity index (χ2v) is 4.32. The summed E-state index contributed by atoms with van der Waals surface area (Å²) in [6.07, 6.45) is 3.76. The molecule has 0 radical (unpaired) electrons. The van der Waals surface area contributed by atoms with Crippen LogP contribution in [0, 0.1) is 6.92 Å². The number of para-hydroxylation sites is 1. The molecule has 4 heteroatoms. The Labute approximate surface area is 102 Å². The highest BCUT2D eigenvalue weighted by molar-refractivity contribution is 5.70. The highest BCUT2D eigenvalue weighted by Crippen LogP contribution is 2.25. The summed E-state index contributed by atoms with van der Waals surface area (Å²) < 4.78 is 2.02. The van der Waals surface area contributed by atoms with Crippen molar-refractivity contribution in [3.8, 4) is 0 Å². The molecule has 0 aliphatic rings. The van der Waals surface area contributed by atoms with E-state index in [0.717, 1.165) is 29.3 Å². The Balaban J connectivity index is 2.23. The molecule has 2 N–H and O–H groups in total. The number of benzene rings is 1. The average Bonchev–Trinajstić information content (AvgIpc) is 2.68. The summed E-state index contributed by atoms with van der Waals surface area (Å²) in [7, 11) is 4.02. The van der Waals surface area contributed by atoms with Crippen LogP contribution in [-0.2, 0) is 13.6 Å². The molecular formula is C13H18N4. The summed E-state index contributed by atoms with van der Waals surface area (Å²) in [4.78, 5) is 6.43. The summed E-state index contributed by atoms with van der Waals surface area (Å²) in [5, 5.41) is 0. The Morgan fingerprint density at radius 3 is 2.82 bits per heavy atom. The summed E-state index contributed by atoms with van der Waals surface area (Å²) in [6.45, 7) is 2.77. The third-order valence-electron chi connectivity index (χ3n) is 3.01. The first kappa shape index (κ1) is 11.5. The van der Waals surface area contributed by atoms with Gasteiger partial charge < -0.3 is 15.2 Å². The summed E-state index contributed by atoms with van der Waals surface area (Å²) >= 11 is 0. The van der Waals surface area contributed by atoms with Gasteiger partial charge in [-0.15, -0.1) is 0 Å². The van der Waals surface area contributed by atoms with E-state index < -0.39 is 0 Å². The van der Waals surface area contributed by atoms with Gasteiger partial charge in [0.1, 0.15) is 5.82 Å². The molecule has 0 aliphatic heterocycles. The molecule has 0 unspecified atom stereocenters. The van der Waals surface area contributed by atoms with E-state index in [1.807, 2.05) is 56.2 Å². The SMILES string of the molecule is Cc1cccc(N(C)Cc2nccn2C)c1N. The van der Waals surface area contributed by atoms with E-state index in [9.17, 15) is 0 Å². The lowest BCUT2D eigenvalue weighted by molar-refractivity contribution is 0.762. The van der Waals surface area contributed by atoms with Crippen LogP contribution in [0.2, 0.25) is 0 Å². The van der Waals surface area contributed by atoms with E-state index >= 15 is 0 Å². The van der Waals surface area contributed by atoms with Crippen LogP contribution in [0.1, 0.15) is 11.4 Å². The van der Waals surface area contributed by atoms with E-state index in [2.05, 4.69) is 9.88 Å². The molecule has 0 atom stereocenters. The zero-order chi connectivity index (χ0) is 12.4. The minimum Gasteiger partial charge on any atom is -0.397 e. The van der Waals surface area contributed by atoms with Crippen molar-refractivity contribution >= 4 is 11.4 Å². The van der Waals surface area contributed by atoms with Crippen LogP contribution in [-0.4, -0.2) is 16.6 Å². The van der Waals surface area contributed by atoms with Crippen molar-refractivity contribution in [3.05, 3.63) is 42.0 Å². The molecule has 1 aromatic heterocycles. The van der Waals surface area contributed by atoms with E-state index in [0.29, 0.717) is 0 Å². The molecule has 17 heavy (non-hydrogen) atoms. The van der Waals surface area contributed by atoms with Gasteiger partial charge in [0.2, 0.25) is 0 Å². The second kappa shape index (κ2) is 4.49. The van der Waals surface area contributed by atoms with Gasteiger partial charge in [-0.2, -0.15) is 0 Å². The number of nitrogens with two attached hydrogens (primary N) is 1. The molecule has 0 aliphatic carbocycles. The van der Waals surface area contributed by atoms with Crippen LogP contribution in [0.4, 0.5) is 11.4 Å². The Bertz CT molecular complexity index is 516. The molecule has 0 spiro atoms. The number of hydrogen-bond acceptors (Lipinski definition) is 3. The number of nitrogens with zero attached hydrogens (tertiary/aromatic N) is 3. The Hall–Kier alpha value is -1.97. The Morgan fingerprint density at radius 2 is 2.18 bits per heavy atom. The summed E-state index contributed by atoms with van der Waals surface area (Å²) in [6, 6.07) is 6.08. The molecule has 0 fully saturated rings. The normalized spacial score (nSPS) is 10.5. The molecule has 0 bridgehead atoms. The van der Waals surface area contributed by atoms with Crippen LogP contribution in [0.25, 0.3) is 0 Å². The fourth-order valence-electron chi connectivity index (χ4n) is 1.84. The molecule has 4 nitrogen and oxygen atoms in total. The lowest BCUT2D eigenvalue weighted by Crippen LogP contribution is -2.20. The largest absolute Gasteiger partial charge is 0.397 e. The van der Waals surface area contributed by atoms with Gasteiger partial charge in [-0.1, -0.05) is 12.1 Å². The first-order valence-electron chi connectivity index (χ1n) is 5.62. The molecule has 2 aromatic rings. The Morgan fingerprint density at radius 1 is 1.41 bits per heavy atom. The average molecular weight is 230 g/mol. The molecule has 0 amide bonds. The van der Waals surface area contributed by atoms with E-state index in [-0.39, 0.29) is 0 Å². The predicted molar refractivity (Wildman–Crippen MR) is 70.9 cm³/mol. The number of aromatic nitrogens is 2. The summed E-state index contributed by atoms with van der Waals surface area (Å²) in [5.74, 6) is 1.02. The molecule has 0 saturated heterocycles. The standard InChI is InChI=1S/C13H18N4/c1-10-5-4-6-11(13(10)14)17(3)9-12-15-7-8-16(12)2/h4-8H,9,14H2,1-3H3. The highest BCUT2D eigenvalue weighted by atomic mass is 15.2. The van der Waals surface area contributed by atoms with E-state index in [1.54, 1.807) is 0 Å². The number of hydrogen-bond donors (Lipinski definition) is 1. The fraction of sp³-hybridized carbons (Fsp3) is 0.308. The van der Waals surface area contributed by atoms with Gasteiger partial charge >= 0.3 is 0 Å². The van der Waals surface area contributed by atoms with E-state index in [1.165, 1.54) is 0 Å². The van der Waals surface area contributed by atoms with Crippen molar-refractivity contribution in [3.63, 3.8) is 0 Å². The smallest absolute Gasteiger partial charge is 0.127 e. The van der Waals surface area contributed by atoms with Crippen molar-refractivity contribution in [2.24, 2.45) is 7.05 Å². The topological polar surface area (TPSA) is 47.1 Å². The van der Waals surface area contributed by atoms with Crippen LogP contribution < -0.4 is 10.6 Å². The number of aryl methyl sites for hydroxylation is 2. The molecule has 1 heterocycles. The minimum atomic E-state index is 0.747. The van der Waals surface area contributed by atoms with Crippen molar-refractivity contribution in [1.29, 1.82) is 0 Å². The van der Waals surface area contributed by atoms with Gasteiger partial charge in [-0.05, 0) is 18.6 Å². The van der Waals surface area contributed by atoms with E-state index in [4.69, 9.17) is 5.73 Å². The molecule has 0 saturated carbocycles. The van der Waals surface area contributed by atoms with Crippen molar-refractivity contribution in [2.45, 2.75) is 13.5 Å². The lowest BCUT2D eigenvalue weighted by Gasteiger charge is -2.21. The predicted octanol–water partition coefficient (Wildman–Crippen LogP) is 1.95. The van der Waals surface area contributed by atoms with Crippen molar-refractivity contribution in [2.75, 3.05) is 17.7 Å². The number of nitrogen functional groups attached to an aromatic ring is 1. The first-order chi connectivity index (χ1) is 8.09. The highest BCUT2D eigenvalue weighted by Gasteiger charge is 2.09. The summed E-state index contributed by atoms with van der Waals surface area (Å²) in [5.41, 5.74) is 9.07. The fourth-order valence-corrected chi connectivity index (χ4v) is 1.84. The number of anilines is 2. The molecular weight excluding hydrogens is 212 g/mol. The zero-order valence-corrected chi connectivity index (χ0v) is 10.5. The van der Waals surface area contributed by atoms with Gasteiger partial charge in [0.05, 0.1) is 17.9 Å². The second-order valence-electron chi connectivity index (χ2n) is 4.32. The van der Waals surface area contributed by atoms with Crippen LogP contribution in [0.15, 0.2) is 30.6 Å². The van der Waals surface area contributed by atoms with Crippen LogP contribution in [0.3, 0.4) is 0 Å². The van der Waals surface area contributed by atoms with Gasteiger partial charge in [-0.3, -0.25) is 0 Å².